The lowest BCUT2D eigenvalue weighted by Gasteiger charge is -2.20. The number of nitrogens with zero attached hydrogens (tertiary/aromatic N) is 2. The zero-order valence-corrected chi connectivity index (χ0v) is 17.0. The quantitative estimate of drug-likeness (QED) is 0.452. The fourth-order valence-electron chi connectivity index (χ4n) is 3.50. The lowest BCUT2D eigenvalue weighted by Crippen LogP contribution is -2.26. The van der Waals surface area contributed by atoms with Gasteiger partial charge in [0.25, 0.3) is 0 Å². The van der Waals surface area contributed by atoms with Crippen LogP contribution in [-0.2, 0) is 6.42 Å². The second-order valence-electron chi connectivity index (χ2n) is 7.21. The maximum absolute atomic E-state index is 5.73. The first-order valence-corrected chi connectivity index (χ1v) is 10.0. The van der Waals surface area contributed by atoms with Crippen molar-refractivity contribution in [2.75, 3.05) is 21.2 Å². The number of hydrogen-bond donors (Lipinski definition) is 0. The zero-order valence-electron chi connectivity index (χ0n) is 16.2. The molecule has 4 aromatic rings. The van der Waals surface area contributed by atoms with Gasteiger partial charge in [0.1, 0.15) is 5.75 Å². The van der Waals surface area contributed by atoms with E-state index in [-0.39, 0.29) is 0 Å². The summed E-state index contributed by atoms with van der Waals surface area (Å²) >= 11 is 1.72. The number of aromatic nitrogens is 1. The largest absolute Gasteiger partial charge is 0.496 e. The van der Waals surface area contributed by atoms with Gasteiger partial charge in [-0.1, -0.05) is 24.3 Å². The van der Waals surface area contributed by atoms with Gasteiger partial charge in [0.2, 0.25) is 0 Å². The number of rotatable bonds is 5. The average molecular weight is 377 g/mol. The van der Waals surface area contributed by atoms with E-state index in [4.69, 9.17) is 4.74 Å². The van der Waals surface area contributed by atoms with Gasteiger partial charge in [-0.2, -0.15) is 0 Å². The van der Waals surface area contributed by atoms with Gasteiger partial charge in [0, 0.05) is 28.6 Å². The van der Waals surface area contributed by atoms with Crippen molar-refractivity contribution in [2.45, 2.75) is 19.4 Å². The molecule has 138 valence electrons. The van der Waals surface area contributed by atoms with E-state index in [1.54, 1.807) is 18.4 Å². The molecular weight excluding hydrogens is 352 g/mol. The van der Waals surface area contributed by atoms with E-state index in [2.05, 4.69) is 66.6 Å². The molecule has 0 saturated carbocycles. The van der Waals surface area contributed by atoms with Gasteiger partial charge in [-0.15, -0.1) is 11.3 Å². The highest BCUT2D eigenvalue weighted by atomic mass is 32.1. The molecule has 27 heavy (non-hydrogen) atoms. The van der Waals surface area contributed by atoms with Crippen molar-refractivity contribution in [1.82, 2.24) is 9.88 Å². The topological polar surface area (TPSA) is 25.4 Å². The van der Waals surface area contributed by atoms with Crippen molar-refractivity contribution in [3.05, 3.63) is 59.6 Å². The Hall–Kier alpha value is -2.43. The average Bonchev–Trinajstić information content (AvgIpc) is 3.16. The first-order chi connectivity index (χ1) is 13.1. The maximum Gasteiger partial charge on any atom is 0.127 e. The van der Waals surface area contributed by atoms with E-state index in [1.165, 1.54) is 26.6 Å². The summed E-state index contributed by atoms with van der Waals surface area (Å²) in [5.74, 6) is 0.886. The van der Waals surface area contributed by atoms with Crippen LogP contribution in [-0.4, -0.2) is 37.1 Å². The normalized spacial score (nSPS) is 12.8. The Morgan fingerprint density at radius 2 is 1.85 bits per heavy atom. The predicted octanol–water partition coefficient (Wildman–Crippen LogP) is 5.62. The molecule has 0 spiro atoms. The molecular formula is C23H24N2OS. The maximum atomic E-state index is 5.73. The van der Waals surface area contributed by atoms with Crippen LogP contribution in [0.5, 0.6) is 5.75 Å². The summed E-state index contributed by atoms with van der Waals surface area (Å²) in [5.41, 5.74) is 4.64. The second-order valence-corrected chi connectivity index (χ2v) is 8.16. The molecule has 0 aliphatic carbocycles. The monoisotopic (exact) mass is 376 g/mol. The van der Waals surface area contributed by atoms with Gasteiger partial charge in [0.05, 0.1) is 17.3 Å². The number of pyridine rings is 1. The molecule has 2 aromatic heterocycles. The SMILES string of the molecule is COc1ccc2ncc3sccc3c2c1-c1ccc(CC(C)N(C)C)cc1. The van der Waals surface area contributed by atoms with Crippen LogP contribution >= 0.6 is 11.3 Å². The molecule has 1 unspecified atom stereocenters. The number of thiophene rings is 1. The van der Waals surface area contributed by atoms with E-state index in [9.17, 15) is 0 Å². The van der Waals surface area contributed by atoms with Crippen molar-refractivity contribution < 1.29 is 4.74 Å². The van der Waals surface area contributed by atoms with E-state index in [0.717, 1.165) is 23.3 Å². The molecule has 4 rings (SSSR count). The lowest BCUT2D eigenvalue weighted by atomic mass is 9.95. The van der Waals surface area contributed by atoms with Gasteiger partial charge in [-0.3, -0.25) is 4.98 Å². The number of ether oxygens (including phenoxy) is 1. The van der Waals surface area contributed by atoms with Crippen molar-refractivity contribution in [1.29, 1.82) is 0 Å². The highest BCUT2D eigenvalue weighted by molar-refractivity contribution is 7.17. The number of fused-ring (bicyclic) bond motifs is 3. The number of methoxy groups -OCH3 is 1. The van der Waals surface area contributed by atoms with E-state index < -0.39 is 0 Å². The van der Waals surface area contributed by atoms with Gasteiger partial charge >= 0.3 is 0 Å². The summed E-state index contributed by atoms with van der Waals surface area (Å²) < 4.78 is 6.93. The van der Waals surface area contributed by atoms with Gasteiger partial charge in [0.15, 0.2) is 0 Å². The summed E-state index contributed by atoms with van der Waals surface area (Å²) in [4.78, 5) is 6.92. The Morgan fingerprint density at radius 1 is 1.07 bits per heavy atom. The zero-order chi connectivity index (χ0) is 19.0. The van der Waals surface area contributed by atoms with Gasteiger partial charge in [-0.05, 0) is 62.1 Å². The molecule has 0 aliphatic heterocycles. The van der Waals surface area contributed by atoms with E-state index in [0.29, 0.717) is 6.04 Å². The van der Waals surface area contributed by atoms with Crippen LogP contribution in [0.2, 0.25) is 0 Å². The second kappa shape index (κ2) is 7.29. The Kier molecular flexibility index (Phi) is 4.85. The third-order valence-corrected chi connectivity index (χ3v) is 6.16. The fraction of sp³-hybridized carbons (Fsp3) is 0.261. The molecule has 0 N–H and O–H groups in total. The van der Waals surface area contributed by atoms with E-state index in [1.807, 2.05) is 18.3 Å². The van der Waals surface area contributed by atoms with Crippen LogP contribution in [0.4, 0.5) is 0 Å². The Balaban J connectivity index is 1.86. The van der Waals surface area contributed by atoms with Gasteiger partial charge in [-0.25, -0.2) is 0 Å². The van der Waals surface area contributed by atoms with Crippen molar-refractivity contribution in [3.63, 3.8) is 0 Å². The van der Waals surface area contributed by atoms with E-state index >= 15 is 0 Å². The molecule has 0 amide bonds. The third kappa shape index (κ3) is 3.31. The molecule has 2 aromatic carbocycles. The van der Waals surface area contributed by atoms with Crippen molar-refractivity contribution in [2.24, 2.45) is 0 Å². The van der Waals surface area contributed by atoms with Crippen LogP contribution < -0.4 is 4.74 Å². The number of hydrogen-bond acceptors (Lipinski definition) is 4. The fourth-order valence-corrected chi connectivity index (χ4v) is 4.26. The summed E-state index contributed by atoms with van der Waals surface area (Å²) in [6.07, 6.45) is 3.00. The minimum Gasteiger partial charge on any atom is -0.496 e. The summed E-state index contributed by atoms with van der Waals surface area (Å²) in [6, 6.07) is 15.6. The molecule has 0 bridgehead atoms. The highest BCUT2D eigenvalue weighted by Crippen LogP contribution is 2.41. The summed E-state index contributed by atoms with van der Waals surface area (Å²) in [7, 11) is 5.98. The minimum atomic E-state index is 0.512. The first-order valence-electron chi connectivity index (χ1n) is 9.17. The van der Waals surface area contributed by atoms with Crippen molar-refractivity contribution in [3.8, 4) is 16.9 Å². The first kappa shape index (κ1) is 18.0. The van der Waals surface area contributed by atoms with Crippen LogP contribution in [0.25, 0.3) is 32.1 Å². The smallest absolute Gasteiger partial charge is 0.127 e. The molecule has 0 fully saturated rings. The molecule has 2 heterocycles. The predicted molar refractivity (Wildman–Crippen MR) is 116 cm³/mol. The minimum absolute atomic E-state index is 0.512. The molecule has 3 nitrogen and oxygen atoms in total. The lowest BCUT2D eigenvalue weighted by molar-refractivity contribution is 0.312. The molecule has 4 heteroatoms. The standard InChI is InChI=1S/C23H24N2OS/c1-15(25(2)3)13-16-5-7-17(8-6-16)22-20(26-4)10-9-19-23(22)18-11-12-27-21(18)14-24-19/h5-12,14-15H,13H2,1-4H3. The summed E-state index contributed by atoms with van der Waals surface area (Å²) in [5, 5.41) is 4.53. The Morgan fingerprint density at radius 3 is 2.56 bits per heavy atom. The highest BCUT2D eigenvalue weighted by Gasteiger charge is 2.15. The van der Waals surface area contributed by atoms with Crippen LogP contribution in [0.15, 0.2) is 54.0 Å². The Bertz CT molecular complexity index is 1080. The van der Waals surface area contributed by atoms with Crippen LogP contribution in [0.3, 0.4) is 0 Å². The molecule has 0 saturated heterocycles. The number of likely N-dealkylation sites (N-methyl/N-ethyl adjacent to an activating group) is 1. The third-order valence-electron chi connectivity index (χ3n) is 5.31. The Labute approximate surface area is 164 Å². The van der Waals surface area contributed by atoms with Crippen LogP contribution in [0, 0.1) is 0 Å². The molecule has 0 aliphatic rings. The number of benzene rings is 2. The molecule has 0 radical (unpaired) electrons. The van der Waals surface area contributed by atoms with Crippen LogP contribution in [0.1, 0.15) is 12.5 Å². The summed E-state index contributed by atoms with van der Waals surface area (Å²) in [6.45, 7) is 2.25. The van der Waals surface area contributed by atoms with Crippen molar-refractivity contribution >= 4 is 32.3 Å². The van der Waals surface area contributed by atoms with Gasteiger partial charge < -0.3 is 9.64 Å². The molecule has 1 atom stereocenters.